The SMILES string of the molecule is CC1(C)OCC(NC(=O)/C=C\I)C(c2ccccc2)O1. The second-order valence-electron chi connectivity index (χ2n) is 5.07. The van der Waals surface area contributed by atoms with Gasteiger partial charge in [0.05, 0.1) is 12.6 Å². The number of amides is 1. The molecule has 2 rings (SSSR count). The zero-order valence-electron chi connectivity index (χ0n) is 11.5. The van der Waals surface area contributed by atoms with Gasteiger partial charge in [-0.1, -0.05) is 52.9 Å². The van der Waals surface area contributed by atoms with Crippen molar-refractivity contribution in [3.8, 4) is 0 Å². The largest absolute Gasteiger partial charge is 0.348 e. The lowest BCUT2D eigenvalue weighted by atomic mass is 10.0. The lowest BCUT2D eigenvalue weighted by Gasteiger charge is -2.41. The monoisotopic (exact) mass is 387 g/mol. The third kappa shape index (κ3) is 4.04. The van der Waals surface area contributed by atoms with Crippen LogP contribution >= 0.6 is 22.6 Å². The molecule has 1 saturated heterocycles. The molecule has 0 saturated carbocycles. The molecule has 1 aliphatic rings. The normalized spacial score (nSPS) is 25.6. The molecule has 1 aromatic rings. The molecule has 0 aliphatic carbocycles. The van der Waals surface area contributed by atoms with E-state index >= 15 is 0 Å². The first-order chi connectivity index (χ1) is 9.52. The van der Waals surface area contributed by atoms with Crippen molar-refractivity contribution in [1.82, 2.24) is 5.32 Å². The number of carbonyl (C=O) groups excluding carboxylic acids is 1. The second-order valence-corrected chi connectivity index (χ2v) is 5.79. The maximum atomic E-state index is 11.7. The standard InChI is InChI=1S/C15H18INO3/c1-15(2)19-10-12(17-13(18)8-9-16)14(20-15)11-6-4-3-5-7-11/h3-9,12,14H,10H2,1-2H3,(H,17,18)/b9-8-. The van der Waals surface area contributed by atoms with Crippen molar-refractivity contribution in [3.05, 3.63) is 46.1 Å². The van der Waals surface area contributed by atoms with Gasteiger partial charge in [-0.05, 0) is 23.5 Å². The Morgan fingerprint density at radius 2 is 2.10 bits per heavy atom. The van der Waals surface area contributed by atoms with Gasteiger partial charge >= 0.3 is 0 Å². The van der Waals surface area contributed by atoms with Crippen LogP contribution in [0.25, 0.3) is 0 Å². The van der Waals surface area contributed by atoms with Gasteiger partial charge in [-0.25, -0.2) is 0 Å². The summed E-state index contributed by atoms with van der Waals surface area (Å²) in [5.41, 5.74) is 1.03. The molecule has 1 fully saturated rings. The van der Waals surface area contributed by atoms with Gasteiger partial charge in [-0.2, -0.15) is 0 Å². The highest BCUT2D eigenvalue weighted by atomic mass is 127. The van der Waals surface area contributed by atoms with Crippen molar-refractivity contribution < 1.29 is 14.3 Å². The Hall–Kier alpha value is -0.920. The molecule has 20 heavy (non-hydrogen) atoms. The molecular weight excluding hydrogens is 369 g/mol. The average molecular weight is 387 g/mol. The maximum Gasteiger partial charge on any atom is 0.244 e. The van der Waals surface area contributed by atoms with Gasteiger partial charge in [-0.15, -0.1) is 0 Å². The number of halogens is 1. The third-order valence-corrected chi connectivity index (χ3v) is 3.42. The van der Waals surface area contributed by atoms with Crippen LogP contribution in [0.15, 0.2) is 40.5 Å². The molecule has 0 radical (unpaired) electrons. The zero-order chi connectivity index (χ0) is 14.6. The van der Waals surface area contributed by atoms with E-state index in [0.717, 1.165) is 5.56 Å². The fourth-order valence-corrected chi connectivity index (χ4v) is 2.47. The molecule has 1 amide bonds. The summed E-state index contributed by atoms with van der Waals surface area (Å²) in [5.74, 6) is -0.793. The van der Waals surface area contributed by atoms with Gasteiger partial charge < -0.3 is 14.8 Å². The number of hydrogen-bond acceptors (Lipinski definition) is 3. The van der Waals surface area contributed by atoms with Crippen LogP contribution < -0.4 is 5.32 Å². The number of benzene rings is 1. The van der Waals surface area contributed by atoms with E-state index in [-0.39, 0.29) is 18.1 Å². The Bertz CT molecular complexity index is 487. The molecular formula is C15H18INO3. The predicted molar refractivity (Wildman–Crippen MR) is 85.4 cm³/mol. The quantitative estimate of drug-likeness (QED) is 0.641. The van der Waals surface area contributed by atoms with Crippen molar-refractivity contribution >= 4 is 28.5 Å². The summed E-state index contributed by atoms with van der Waals surface area (Å²) in [7, 11) is 0. The van der Waals surface area contributed by atoms with Crippen LogP contribution in [-0.2, 0) is 14.3 Å². The Kier molecular flexibility index (Phi) is 5.17. The maximum absolute atomic E-state index is 11.7. The molecule has 4 nitrogen and oxygen atoms in total. The average Bonchev–Trinajstić information content (AvgIpc) is 2.42. The molecule has 0 bridgehead atoms. The molecule has 2 unspecified atom stereocenters. The number of hydrogen-bond donors (Lipinski definition) is 1. The molecule has 2 atom stereocenters. The fourth-order valence-electron chi connectivity index (χ4n) is 2.15. The molecule has 1 N–H and O–H groups in total. The van der Waals surface area contributed by atoms with E-state index < -0.39 is 5.79 Å². The Morgan fingerprint density at radius 3 is 2.75 bits per heavy atom. The van der Waals surface area contributed by atoms with Gasteiger partial charge in [0.15, 0.2) is 5.79 Å². The van der Waals surface area contributed by atoms with Crippen LogP contribution in [-0.4, -0.2) is 24.3 Å². The second kappa shape index (κ2) is 6.69. The molecule has 5 heteroatoms. The highest BCUT2D eigenvalue weighted by Crippen LogP contribution is 2.32. The Morgan fingerprint density at radius 1 is 1.40 bits per heavy atom. The van der Waals surface area contributed by atoms with Crippen LogP contribution in [0.1, 0.15) is 25.5 Å². The Labute approximate surface area is 132 Å². The molecule has 108 valence electrons. The number of ether oxygens (including phenoxy) is 2. The fraction of sp³-hybridized carbons (Fsp3) is 0.400. The van der Waals surface area contributed by atoms with Gasteiger partial charge in [0.1, 0.15) is 6.10 Å². The van der Waals surface area contributed by atoms with E-state index in [1.807, 2.05) is 66.8 Å². The number of carbonyl (C=O) groups is 1. The van der Waals surface area contributed by atoms with Gasteiger partial charge in [0, 0.05) is 6.08 Å². The van der Waals surface area contributed by atoms with Gasteiger partial charge in [0.2, 0.25) is 5.91 Å². The summed E-state index contributed by atoms with van der Waals surface area (Å²) in [4.78, 5) is 11.7. The van der Waals surface area contributed by atoms with Crippen LogP contribution in [0.2, 0.25) is 0 Å². The van der Waals surface area contributed by atoms with Crippen LogP contribution in [0.5, 0.6) is 0 Å². The van der Waals surface area contributed by atoms with Crippen molar-refractivity contribution in [2.24, 2.45) is 0 Å². The molecule has 0 spiro atoms. The third-order valence-electron chi connectivity index (χ3n) is 3.06. The van der Waals surface area contributed by atoms with Crippen molar-refractivity contribution in [2.45, 2.75) is 31.8 Å². The number of rotatable bonds is 3. The summed E-state index contributed by atoms with van der Waals surface area (Å²) in [5, 5.41) is 2.93. The Balaban J connectivity index is 2.18. The van der Waals surface area contributed by atoms with Gasteiger partial charge in [0.25, 0.3) is 0 Å². The van der Waals surface area contributed by atoms with Crippen LogP contribution in [0.3, 0.4) is 0 Å². The van der Waals surface area contributed by atoms with Crippen molar-refractivity contribution in [3.63, 3.8) is 0 Å². The predicted octanol–water partition coefficient (Wildman–Crippen LogP) is 2.94. The minimum atomic E-state index is -0.652. The first-order valence-corrected chi connectivity index (χ1v) is 7.70. The van der Waals surface area contributed by atoms with Crippen molar-refractivity contribution in [1.29, 1.82) is 0 Å². The van der Waals surface area contributed by atoms with E-state index in [9.17, 15) is 4.79 Å². The zero-order valence-corrected chi connectivity index (χ0v) is 13.7. The summed E-state index contributed by atoms with van der Waals surface area (Å²) < 4.78 is 13.3. The highest BCUT2D eigenvalue weighted by molar-refractivity contribution is 14.1. The van der Waals surface area contributed by atoms with E-state index in [1.165, 1.54) is 6.08 Å². The minimum absolute atomic E-state index is 0.141. The first kappa shape index (κ1) is 15.5. The summed E-state index contributed by atoms with van der Waals surface area (Å²) >= 11 is 2.02. The first-order valence-electron chi connectivity index (χ1n) is 6.46. The summed E-state index contributed by atoms with van der Waals surface area (Å²) in [6.45, 7) is 4.19. The summed E-state index contributed by atoms with van der Waals surface area (Å²) in [6, 6.07) is 9.68. The topological polar surface area (TPSA) is 47.6 Å². The van der Waals surface area contributed by atoms with Crippen molar-refractivity contribution in [2.75, 3.05) is 6.61 Å². The van der Waals surface area contributed by atoms with Gasteiger partial charge in [-0.3, -0.25) is 4.79 Å². The lowest BCUT2D eigenvalue weighted by molar-refractivity contribution is -0.284. The highest BCUT2D eigenvalue weighted by Gasteiger charge is 2.37. The lowest BCUT2D eigenvalue weighted by Crippen LogP contribution is -2.51. The van der Waals surface area contributed by atoms with E-state index in [4.69, 9.17) is 9.47 Å². The molecule has 0 aromatic heterocycles. The van der Waals surface area contributed by atoms with E-state index in [0.29, 0.717) is 6.61 Å². The molecule has 1 heterocycles. The smallest absolute Gasteiger partial charge is 0.244 e. The van der Waals surface area contributed by atoms with Crippen LogP contribution in [0.4, 0.5) is 0 Å². The van der Waals surface area contributed by atoms with E-state index in [2.05, 4.69) is 5.32 Å². The molecule has 1 aromatic carbocycles. The summed E-state index contributed by atoms with van der Waals surface area (Å²) in [6.07, 6.45) is 1.27. The minimum Gasteiger partial charge on any atom is -0.348 e. The number of nitrogens with one attached hydrogen (secondary N) is 1. The van der Waals surface area contributed by atoms with E-state index in [1.54, 1.807) is 4.08 Å². The van der Waals surface area contributed by atoms with Crippen LogP contribution in [0, 0.1) is 0 Å². The molecule has 1 aliphatic heterocycles.